The minimum Gasteiger partial charge on any atom is -0.445 e. The Morgan fingerprint density at radius 3 is 1.63 bits per heavy atom. The van der Waals surface area contributed by atoms with E-state index < -0.39 is 12.2 Å². The molecular weight excluding hydrogens is 1130 g/mol. The molecule has 2 atom stereocenters. The largest absolute Gasteiger partial charge is 0.445 e. The second-order valence-electron chi connectivity index (χ2n) is 19.9. The maximum Gasteiger partial charge on any atom is 0.410 e. The number of piperazine rings is 2. The number of anilines is 3. The van der Waals surface area contributed by atoms with Crippen LogP contribution in [0.1, 0.15) is 46.5 Å². The second-order valence-corrected chi connectivity index (χ2v) is 21.5. The van der Waals surface area contributed by atoms with E-state index in [1.54, 1.807) is 9.80 Å². The molecule has 16 nitrogen and oxygen atoms in total. The topological polar surface area (TPSA) is 180 Å². The minimum atomic E-state index is -0.405. The monoisotopic (exact) mass is 1180 g/mol. The fourth-order valence-corrected chi connectivity index (χ4v) is 11.7. The minimum absolute atomic E-state index is 0.196. The van der Waals surface area contributed by atoms with Crippen molar-refractivity contribution in [2.75, 3.05) is 67.1 Å². The zero-order valence-electron chi connectivity index (χ0n) is 44.5. The molecule has 0 bridgehead atoms. The van der Waals surface area contributed by atoms with E-state index >= 15 is 0 Å². The molecule has 4 aliphatic rings. The van der Waals surface area contributed by atoms with Gasteiger partial charge in [0.2, 0.25) is 10.6 Å². The number of halogens is 3. The van der Waals surface area contributed by atoms with E-state index in [1.165, 1.54) is 27.2 Å². The predicted molar refractivity (Wildman–Crippen MR) is 319 cm³/mol. The second kappa shape index (κ2) is 26.9. The number of hydrogen-bond donors (Lipinski definition) is 1. The fraction of sp³-hybridized carbons (Fsp3) is 0.290. The first-order valence-electron chi connectivity index (χ1n) is 27.0. The number of ether oxygens (including phenoxy) is 2. The SMILES string of the molecule is Brc1cccc2ccccc12.N#CCC1CN(c2nc(Cl)nc3c2CCN(c2cccc4ccccc24)C3)CCN1C(=O)OCc1ccccc1.N#CCC1CN(c2nc(Cl)nc3c2CCNC3)CCN1C(=O)OCc1ccccc1. The molecule has 2 amide bonds. The zero-order chi connectivity index (χ0) is 56.1. The number of amides is 2. The average molecular weight is 1190 g/mol. The summed E-state index contributed by atoms with van der Waals surface area (Å²) in [7, 11) is 0. The average Bonchev–Trinajstić information content (AvgIpc) is 3.55. The first-order valence-corrected chi connectivity index (χ1v) is 28.5. The number of carbonyl (C=O) groups is 2. The molecule has 6 heterocycles. The summed E-state index contributed by atoms with van der Waals surface area (Å²) in [5, 5.41) is 27.5. The Bertz CT molecular complexity index is 3580. The number of nitrogens with one attached hydrogen (secondary N) is 1. The van der Waals surface area contributed by atoms with Gasteiger partial charge in [-0.25, -0.2) is 29.5 Å². The molecule has 19 heteroatoms. The Morgan fingerprint density at radius 1 is 0.568 bits per heavy atom. The third-order valence-corrected chi connectivity index (χ3v) is 15.9. The number of aromatic nitrogens is 4. The molecule has 2 unspecified atom stereocenters. The van der Waals surface area contributed by atoms with Crippen molar-refractivity contribution in [3.8, 4) is 12.1 Å². The van der Waals surface area contributed by atoms with Crippen LogP contribution in [0.3, 0.4) is 0 Å². The standard InChI is InChI=1S/C31H29ClN6O2.C21H23ClN6O2.C10H7Br/c32-30-34-27-20-36(28-12-6-10-23-9-4-5-11-25(23)28)16-14-26(27)29(35-30)37-17-18-38(24(19-37)13-15-33)31(39)40-21-22-7-2-1-3-8-22;22-20-25-18-12-24-9-7-17(18)19(26-20)27-10-11-28(16(13-27)6-8-23)21(29)30-14-15-4-2-1-3-5-15;11-10-7-3-5-8-4-1-2-6-9(8)10/h1-12,24H,13-14,16-21H2;1-5,16,24H,6-7,9-14H2;1-7H. The summed E-state index contributed by atoms with van der Waals surface area (Å²) in [6.45, 7) is 6.40. The molecule has 8 aromatic rings. The van der Waals surface area contributed by atoms with E-state index in [0.29, 0.717) is 52.4 Å². The highest BCUT2D eigenvalue weighted by atomic mass is 79.9. The summed E-state index contributed by atoms with van der Waals surface area (Å²) in [6, 6.07) is 52.3. The van der Waals surface area contributed by atoms with Gasteiger partial charge in [-0.3, -0.25) is 0 Å². The van der Waals surface area contributed by atoms with Gasteiger partial charge in [-0.2, -0.15) is 10.5 Å². The summed E-state index contributed by atoms with van der Waals surface area (Å²) in [6.07, 6.45) is 1.21. The normalized spacial score (nSPS) is 16.6. The summed E-state index contributed by atoms with van der Waals surface area (Å²) in [4.78, 5) is 53.7. The lowest BCUT2D eigenvalue weighted by Gasteiger charge is -2.41. The number of fused-ring (bicyclic) bond motifs is 4. The van der Waals surface area contributed by atoms with Crippen LogP contribution in [-0.2, 0) is 48.6 Å². The van der Waals surface area contributed by atoms with E-state index in [1.807, 2.05) is 72.8 Å². The predicted octanol–water partition coefficient (Wildman–Crippen LogP) is 11.7. The lowest BCUT2D eigenvalue weighted by Crippen LogP contribution is -2.55. The van der Waals surface area contributed by atoms with E-state index in [-0.39, 0.29) is 48.7 Å². The van der Waals surface area contributed by atoms with Crippen molar-refractivity contribution in [3.05, 3.63) is 194 Å². The molecule has 4 aliphatic heterocycles. The molecule has 6 aromatic carbocycles. The quantitative estimate of drug-likeness (QED) is 0.135. The van der Waals surface area contributed by atoms with Crippen LogP contribution in [0.15, 0.2) is 150 Å². The molecule has 1 N–H and O–H groups in total. The van der Waals surface area contributed by atoms with E-state index in [0.717, 1.165) is 75.7 Å². The molecule has 81 heavy (non-hydrogen) atoms. The van der Waals surface area contributed by atoms with Gasteiger partial charge >= 0.3 is 12.2 Å². The van der Waals surface area contributed by atoms with Crippen LogP contribution in [0.25, 0.3) is 21.5 Å². The highest BCUT2D eigenvalue weighted by Crippen LogP contribution is 2.35. The Balaban J connectivity index is 0.000000157. The molecule has 2 aromatic heterocycles. The van der Waals surface area contributed by atoms with Crippen molar-refractivity contribution in [1.29, 1.82) is 10.5 Å². The first kappa shape index (κ1) is 56.2. The molecule has 0 radical (unpaired) electrons. The van der Waals surface area contributed by atoms with Gasteiger partial charge in [0, 0.05) is 79.0 Å². The Morgan fingerprint density at radius 2 is 1.06 bits per heavy atom. The number of nitriles is 2. The maximum absolute atomic E-state index is 13.0. The summed E-state index contributed by atoms with van der Waals surface area (Å²) in [5.74, 6) is 1.61. The van der Waals surface area contributed by atoms with Gasteiger partial charge in [-0.05, 0) is 82.0 Å². The van der Waals surface area contributed by atoms with Gasteiger partial charge in [0.25, 0.3) is 0 Å². The van der Waals surface area contributed by atoms with E-state index in [4.69, 9.17) is 32.7 Å². The Kier molecular flexibility index (Phi) is 18.7. The van der Waals surface area contributed by atoms with Gasteiger partial charge < -0.3 is 39.3 Å². The molecule has 0 saturated carbocycles. The Hall–Kier alpha value is -8.06. The van der Waals surface area contributed by atoms with Gasteiger partial charge in [-0.1, -0.05) is 149 Å². The van der Waals surface area contributed by atoms with Crippen molar-refractivity contribution < 1.29 is 19.1 Å². The van der Waals surface area contributed by atoms with E-state index in [2.05, 4.69) is 141 Å². The highest BCUT2D eigenvalue weighted by molar-refractivity contribution is 9.10. The molecule has 0 spiro atoms. The van der Waals surface area contributed by atoms with Crippen LogP contribution in [0, 0.1) is 22.7 Å². The molecular formula is C62H59BrCl2N12O4. The Labute approximate surface area is 489 Å². The number of rotatable bonds is 9. The number of hydrogen-bond acceptors (Lipinski definition) is 14. The highest BCUT2D eigenvalue weighted by Gasteiger charge is 2.36. The fourth-order valence-electron chi connectivity index (χ4n) is 10.8. The van der Waals surface area contributed by atoms with Crippen LogP contribution in [0.5, 0.6) is 0 Å². The third kappa shape index (κ3) is 13.8. The first-order chi connectivity index (χ1) is 39.6. The van der Waals surface area contributed by atoms with Crippen LogP contribution < -0.4 is 20.0 Å². The number of benzene rings is 6. The van der Waals surface area contributed by atoms with Crippen molar-refractivity contribution in [3.63, 3.8) is 0 Å². The molecule has 0 aliphatic carbocycles. The number of nitrogens with zero attached hydrogens (tertiary/aromatic N) is 11. The van der Waals surface area contributed by atoms with Crippen molar-refractivity contribution in [2.45, 2.75) is 64.1 Å². The maximum atomic E-state index is 13.0. The molecule has 12 rings (SSSR count). The van der Waals surface area contributed by atoms with Crippen LogP contribution in [0.4, 0.5) is 26.9 Å². The zero-order valence-corrected chi connectivity index (χ0v) is 47.6. The van der Waals surface area contributed by atoms with Crippen molar-refractivity contribution in [1.82, 2.24) is 35.1 Å². The van der Waals surface area contributed by atoms with Crippen LogP contribution >= 0.6 is 39.1 Å². The summed E-state index contributed by atoms with van der Waals surface area (Å²) >= 11 is 16.1. The smallest absolute Gasteiger partial charge is 0.410 e. The van der Waals surface area contributed by atoms with Gasteiger partial charge in [0.05, 0.1) is 55.0 Å². The van der Waals surface area contributed by atoms with Crippen LogP contribution in [-0.4, -0.2) is 106 Å². The van der Waals surface area contributed by atoms with Gasteiger partial charge in [0.1, 0.15) is 24.8 Å². The van der Waals surface area contributed by atoms with E-state index in [9.17, 15) is 20.1 Å². The van der Waals surface area contributed by atoms with Crippen molar-refractivity contribution in [2.24, 2.45) is 0 Å². The van der Waals surface area contributed by atoms with Gasteiger partial charge in [0.15, 0.2) is 0 Å². The number of carbonyl (C=O) groups excluding carboxylic acids is 2. The molecule has 2 saturated heterocycles. The third-order valence-electron chi connectivity index (χ3n) is 14.8. The lowest BCUT2D eigenvalue weighted by molar-refractivity contribution is 0.0761. The van der Waals surface area contributed by atoms with Crippen LogP contribution in [0.2, 0.25) is 10.6 Å². The molecule has 2 fully saturated rings. The summed E-state index contributed by atoms with van der Waals surface area (Å²) in [5.41, 5.74) is 7.03. The summed E-state index contributed by atoms with van der Waals surface area (Å²) < 4.78 is 12.2. The lowest BCUT2D eigenvalue weighted by atomic mass is 10.0. The molecule has 412 valence electrons. The van der Waals surface area contributed by atoms with Gasteiger partial charge in [-0.15, -0.1) is 0 Å². The van der Waals surface area contributed by atoms with Crippen molar-refractivity contribution >= 4 is 90.2 Å².